The molecule has 3 heteroatoms. The summed E-state index contributed by atoms with van der Waals surface area (Å²) in [4.78, 5) is 14.3. The second-order valence-electron chi connectivity index (χ2n) is 8.80. The van der Waals surface area contributed by atoms with Gasteiger partial charge in [0.15, 0.2) is 0 Å². The summed E-state index contributed by atoms with van der Waals surface area (Å²) in [5.41, 5.74) is 0.675. The molecule has 23 heavy (non-hydrogen) atoms. The third-order valence-corrected chi connectivity index (χ3v) is 7.80. The molecule has 4 fully saturated rings. The van der Waals surface area contributed by atoms with E-state index >= 15 is 0 Å². The van der Waals surface area contributed by atoms with E-state index in [-0.39, 0.29) is 11.9 Å². The van der Waals surface area contributed by atoms with E-state index < -0.39 is 0 Å². The predicted molar refractivity (Wildman–Crippen MR) is 89.4 cm³/mol. The Morgan fingerprint density at radius 2 is 2.17 bits per heavy atom. The van der Waals surface area contributed by atoms with Crippen LogP contribution >= 0.6 is 0 Å². The topological polar surface area (TPSA) is 44.1 Å². The third-order valence-electron chi connectivity index (χ3n) is 7.80. The van der Waals surface area contributed by atoms with E-state index in [9.17, 15) is 4.79 Å². The van der Waals surface area contributed by atoms with Crippen LogP contribution < -0.4 is 0 Å². The monoisotopic (exact) mass is 314 g/mol. The van der Waals surface area contributed by atoms with Crippen molar-refractivity contribution < 1.29 is 4.79 Å². The van der Waals surface area contributed by atoms with E-state index in [1.807, 2.05) is 4.90 Å². The quantitative estimate of drug-likeness (QED) is 0.783. The first-order valence-electron chi connectivity index (χ1n) is 9.85. The standard InChI is InChI=1S/C20H30N2O/c1-2-16-10-17-9-15-8-14(11-20(16,17)12-15)5-6-19(23)22-7-3-4-18(22)13-21/h14-18H,2-12H2,1H3/t14?,15?,16?,17?,18-,20?/m0/s1. The van der Waals surface area contributed by atoms with E-state index in [0.717, 1.165) is 49.5 Å². The first kappa shape index (κ1) is 15.5. The second kappa shape index (κ2) is 5.80. The second-order valence-corrected chi connectivity index (χ2v) is 8.80. The maximum absolute atomic E-state index is 12.5. The lowest BCUT2D eigenvalue weighted by Gasteiger charge is -2.55. The van der Waals surface area contributed by atoms with Crippen LogP contribution in [-0.4, -0.2) is 23.4 Å². The van der Waals surface area contributed by atoms with Gasteiger partial charge in [-0.25, -0.2) is 0 Å². The maximum Gasteiger partial charge on any atom is 0.223 e. The fourth-order valence-corrected chi connectivity index (χ4v) is 6.83. The third kappa shape index (κ3) is 2.41. The smallest absolute Gasteiger partial charge is 0.223 e. The zero-order valence-electron chi connectivity index (χ0n) is 14.5. The molecule has 0 aromatic rings. The molecule has 3 aliphatic carbocycles. The van der Waals surface area contributed by atoms with E-state index in [1.165, 1.54) is 38.5 Å². The summed E-state index contributed by atoms with van der Waals surface area (Å²) in [5.74, 6) is 3.93. The minimum Gasteiger partial charge on any atom is -0.327 e. The summed E-state index contributed by atoms with van der Waals surface area (Å²) in [7, 11) is 0. The Balaban J connectivity index is 1.34. The molecular weight excluding hydrogens is 284 g/mol. The van der Waals surface area contributed by atoms with Crippen molar-refractivity contribution in [2.24, 2.45) is 29.1 Å². The molecule has 0 aromatic carbocycles. The minimum absolute atomic E-state index is 0.149. The molecule has 3 saturated carbocycles. The molecular formula is C20H30N2O. The summed E-state index contributed by atoms with van der Waals surface area (Å²) in [5, 5.41) is 9.16. The number of amides is 1. The average molecular weight is 314 g/mol. The van der Waals surface area contributed by atoms with Crippen molar-refractivity contribution in [3.8, 4) is 6.07 Å². The van der Waals surface area contributed by atoms with Crippen LogP contribution in [0.3, 0.4) is 0 Å². The fraction of sp³-hybridized carbons (Fsp3) is 0.900. The van der Waals surface area contributed by atoms with Gasteiger partial charge in [0.25, 0.3) is 0 Å². The average Bonchev–Trinajstić information content (AvgIpc) is 3.10. The Morgan fingerprint density at radius 3 is 2.96 bits per heavy atom. The lowest BCUT2D eigenvalue weighted by Crippen LogP contribution is -2.47. The highest BCUT2D eigenvalue weighted by Crippen LogP contribution is 2.70. The van der Waals surface area contributed by atoms with Gasteiger partial charge in [0.05, 0.1) is 6.07 Å². The van der Waals surface area contributed by atoms with E-state index in [2.05, 4.69) is 13.0 Å². The van der Waals surface area contributed by atoms with Gasteiger partial charge in [-0.1, -0.05) is 13.3 Å². The van der Waals surface area contributed by atoms with Crippen LogP contribution in [0.2, 0.25) is 0 Å². The number of rotatable bonds is 4. The van der Waals surface area contributed by atoms with Gasteiger partial charge in [-0.2, -0.15) is 5.26 Å². The van der Waals surface area contributed by atoms with Crippen molar-refractivity contribution in [3.63, 3.8) is 0 Å². The molecule has 1 heterocycles. The molecule has 0 aromatic heterocycles. The number of hydrogen-bond acceptors (Lipinski definition) is 2. The molecule has 1 spiro atoms. The highest BCUT2D eigenvalue weighted by atomic mass is 16.2. The molecule has 3 nitrogen and oxygen atoms in total. The van der Waals surface area contributed by atoms with Gasteiger partial charge in [-0.05, 0) is 80.5 Å². The van der Waals surface area contributed by atoms with Crippen molar-refractivity contribution in [2.75, 3.05) is 6.54 Å². The molecule has 1 aliphatic heterocycles. The first-order valence-corrected chi connectivity index (χ1v) is 9.85. The maximum atomic E-state index is 12.5. The van der Waals surface area contributed by atoms with Crippen molar-refractivity contribution in [3.05, 3.63) is 0 Å². The van der Waals surface area contributed by atoms with Gasteiger partial charge in [0, 0.05) is 13.0 Å². The Kier molecular flexibility index (Phi) is 3.90. The van der Waals surface area contributed by atoms with Gasteiger partial charge in [0.1, 0.15) is 6.04 Å². The Morgan fingerprint density at radius 1 is 1.30 bits per heavy atom. The minimum atomic E-state index is -0.149. The molecule has 2 bridgehead atoms. The normalized spacial score (nSPS) is 44.5. The number of nitrogens with zero attached hydrogens (tertiary/aromatic N) is 2. The SMILES string of the molecule is CCC1CC2CC3CC(CCC(=O)N4CCC[C@H]4C#N)CC12C3. The van der Waals surface area contributed by atoms with Crippen LogP contribution in [0.1, 0.15) is 71.1 Å². The summed E-state index contributed by atoms with van der Waals surface area (Å²) < 4.78 is 0. The number of nitriles is 1. The molecule has 6 atom stereocenters. The zero-order valence-corrected chi connectivity index (χ0v) is 14.5. The van der Waals surface area contributed by atoms with Crippen LogP contribution in [0.5, 0.6) is 0 Å². The predicted octanol–water partition coefficient (Wildman–Crippen LogP) is 4.13. The van der Waals surface area contributed by atoms with Crippen LogP contribution in [0.15, 0.2) is 0 Å². The van der Waals surface area contributed by atoms with Crippen LogP contribution in [0.4, 0.5) is 0 Å². The molecule has 126 valence electrons. The van der Waals surface area contributed by atoms with Crippen LogP contribution in [-0.2, 0) is 4.79 Å². The van der Waals surface area contributed by atoms with Crippen LogP contribution in [0.25, 0.3) is 0 Å². The van der Waals surface area contributed by atoms with Gasteiger partial charge < -0.3 is 4.90 Å². The zero-order chi connectivity index (χ0) is 16.0. The fourth-order valence-electron chi connectivity index (χ4n) is 6.83. The van der Waals surface area contributed by atoms with E-state index in [4.69, 9.17) is 5.26 Å². The van der Waals surface area contributed by atoms with Gasteiger partial charge in [0.2, 0.25) is 5.91 Å². The van der Waals surface area contributed by atoms with Gasteiger partial charge in [-0.15, -0.1) is 0 Å². The van der Waals surface area contributed by atoms with Crippen molar-refractivity contribution in [1.29, 1.82) is 5.26 Å². The first-order chi connectivity index (χ1) is 11.2. The lowest BCUT2D eigenvalue weighted by atomic mass is 9.49. The molecule has 4 aliphatic rings. The molecule has 1 amide bonds. The molecule has 4 rings (SSSR count). The largest absolute Gasteiger partial charge is 0.327 e. The summed E-state index contributed by atoms with van der Waals surface area (Å²) in [6.45, 7) is 3.17. The Bertz CT molecular complexity index is 518. The van der Waals surface area contributed by atoms with Crippen molar-refractivity contribution >= 4 is 5.91 Å². The molecule has 5 unspecified atom stereocenters. The van der Waals surface area contributed by atoms with Gasteiger partial charge in [-0.3, -0.25) is 4.79 Å². The summed E-state index contributed by atoms with van der Waals surface area (Å²) in [6, 6.07) is 2.15. The lowest BCUT2D eigenvalue weighted by molar-refractivity contribution is -0.131. The number of likely N-dealkylation sites (tertiary alicyclic amines) is 1. The number of carbonyl (C=O) groups is 1. The molecule has 0 N–H and O–H groups in total. The highest BCUT2D eigenvalue weighted by Gasteiger charge is 2.61. The van der Waals surface area contributed by atoms with E-state index in [1.54, 1.807) is 0 Å². The molecule has 0 radical (unpaired) electrons. The highest BCUT2D eigenvalue weighted by molar-refractivity contribution is 5.77. The van der Waals surface area contributed by atoms with E-state index in [0.29, 0.717) is 11.8 Å². The molecule has 1 saturated heterocycles. The summed E-state index contributed by atoms with van der Waals surface area (Å²) in [6.07, 6.45) is 12.2. The van der Waals surface area contributed by atoms with Gasteiger partial charge >= 0.3 is 0 Å². The number of fused-ring (bicyclic) bond motifs is 1. The van der Waals surface area contributed by atoms with Crippen LogP contribution in [0, 0.1) is 40.4 Å². The Labute approximate surface area is 140 Å². The summed E-state index contributed by atoms with van der Waals surface area (Å²) >= 11 is 0. The Hall–Kier alpha value is -1.04. The van der Waals surface area contributed by atoms with Crippen molar-refractivity contribution in [1.82, 2.24) is 4.90 Å². The number of carbonyl (C=O) groups excluding carboxylic acids is 1. The number of hydrogen-bond donors (Lipinski definition) is 0. The van der Waals surface area contributed by atoms with Crippen molar-refractivity contribution in [2.45, 2.75) is 77.2 Å².